The summed E-state index contributed by atoms with van der Waals surface area (Å²) in [4.78, 5) is 26.5. The van der Waals surface area contributed by atoms with Crippen molar-refractivity contribution in [1.82, 2.24) is 21.3 Å². The topological polar surface area (TPSA) is 175 Å². The first-order valence-corrected chi connectivity index (χ1v) is 15.7. The summed E-state index contributed by atoms with van der Waals surface area (Å²) in [5.74, 6) is -0.361. The lowest BCUT2D eigenvalue weighted by Crippen LogP contribution is -2.46. The lowest BCUT2D eigenvalue weighted by molar-refractivity contribution is -0.141. The molecule has 3 aliphatic rings. The predicted molar refractivity (Wildman–Crippen MR) is 166 cm³/mol. The Morgan fingerprint density at radius 2 is 1.51 bits per heavy atom. The molecular formula is C32H45N5O8. The van der Waals surface area contributed by atoms with E-state index in [1.54, 1.807) is 12.1 Å². The number of carbonyl (C=O) groups excluding carboxylic acids is 2. The van der Waals surface area contributed by atoms with Crippen molar-refractivity contribution in [1.29, 1.82) is 0 Å². The number of unbranched alkanes of at least 4 members (excludes halogenated alkanes) is 1. The van der Waals surface area contributed by atoms with Gasteiger partial charge in [0.15, 0.2) is 23.0 Å². The Labute approximate surface area is 263 Å². The van der Waals surface area contributed by atoms with Crippen LogP contribution in [0.4, 0.5) is 4.79 Å². The number of fused-ring (bicyclic) bond motifs is 3. The number of urea groups is 1. The smallest absolute Gasteiger partial charge is 0.315 e. The predicted octanol–water partition coefficient (Wildman–Crippen LogP) is 2.11. The van der Waals surface area contributed by atoms with Crippen molar-refractivity contribution in [3.63, 3.8) is 0 Å². The fourth-order valence-corrected chi connectivity index (χ4v) is 6.43. The molecule has 7 N–H and O–H groups in total. The summed E-state index contributed by atoms with van der Waals surface area (Å²) < 4.78 is 27.8. The van der Waals surface area contributed by atoms with Crippen LogP contribution >= 0.6 is 0 Å². The molecule has 246 valence electrons. The fraction of sp³-hybridized carbons (Fsp3) is 0.562. The molecule has 2 aliphatic heterocycles. The van der Waals surface area contributed by atoms with E-state index in [-0.39, 0.29) is 48.6 Å². The molecule has 2 aromatic rings. The van der Waals surface area contributed by atoms with Crippen molar-refractivity contribution in [3.8, 4) is 28.7 Å². The number of methoxy groups -OCH3 is 2. The number of amides is 2. The minimum atomic E-state index is -0.610. The van der Waals surface area contributed by atoms with Gasteiger partial charge in [-0.15, -0.1) is 0 Å². The molecule has 1 saturated heterocycles. The molecule has 2 aromatic carbocycles. The van der Waals surface area contributed by atoms with E-state index in [1.807, 2.05) is 12.1 Å². The Hall–Kier alpha value is -3.94. The highest BCUT2D eigenvalue weighted by Crippen LogP contribution is 2.55. The molecule has 0 radical (unpaired) electrons. The van der Waals surface area contributed by atoms with Crippen molar-refractivity contribution in [3.05, 3.63) is 41.0 Å². The van der Waals surface area contributed by atoms with Crippen molar-refractivity contribution in [2.75, 3.05) is 66.9 Å². The number of rotatable bonds is 16. The van der Waals surface area contributed by atoms with Crippen molar-refractivity contribution < 1.29 is 38.4 Å². The number of phenols is 1. The van der Waals surface area contributed by atoms with Gasteiger partial charge >= 0.3 is 12.0 Å². The standard InChI is InChI=1S/C32H45N5O8/c1-41-25-13-19(14-26(42-2)30(25)38)27-20-15-23-24(45-18-44-23)16-21(20)29(22-17-43-31(39)28(22)27)37-32(40)36-12-6-11-35-10-5-9-34-8-4-3-7-33/h13-16,22,27-29,34-35,38H,3-12,17-18,33H2,1-2H3,(H2,36,37,40)/t22-,27?,28-,29+/m0/s1. The van der Waals surface area contributed by atoms with Gasteiger partial charge in [0.1, 0.15) is 0 Å². The van der Waals surface area contributed by atoms with Gasteiger partial charge in [0, 0.05) is 18.4 Å². The summed E-state index contributed by atoms with van der Waals surface area (Å²) in [6.45, 7) is 5.11. The molecule has 1 unspecified atom stereocenters. The molecule has 2 amide bonds. The number of phenolic OH excluding ortho intramolecular Hbond substituents is 1. The van der Waals surface area contributed by atoms with Crippen LogP contribution < -0.4 is 45.9 Å². The van der Waals surface area contributed by atoms with E-state index < -0.39 is 17.9 Å². The maximum atomic E-state index is 13.3. The molecule has 5 rings (SSSR count). The number of nitrogens with two attached hydrogens (primary N) is 1. The van der Waals surface area contributed by atoms with E-state index in [0.29, 0.717) is 23.6 Å². The second-order valence-electron chi connectivity index (χ2n) is 11.5. The summed E-state index contributed by atoms with van der Waals surface area (Å²) >= 11 is 0. The number of ether oxygens (including phenoxy) is 5. The van der Waals surface area contributed by atoms with Gasteiger partial charge in [-0.2, -0.15) is 0 Å². The molecule has 2 heterocycles. The van der Waals surface area contributed by atoms with E-state index in [1.165, 1.54) is 14.2 Å². The zero-order chi connectivity index (χ0) is 31.8. The van der Waals surface area contributed by atoms with Crippen LogP contribution in [0.25, 0.3) is 0 Å². The van der Waals surface area contributed by atoms with Crippen LogP contribution in [-0.4, -0.2) is 84.0 Å². The third-order valence-corrected chi connectivity index (χ3v) is 8.67. The first kappa shape index (κ1) is 32.5. The molecule has 0 saturated carbocycles. The van der Waals surface area contributed by atoms with E-state index in [2.05, 4.69) is 21.3 Å². The van der Waals surface area contributed by atoms with Crippen molar-refractivity contribution in [2.45, 2.75) is 37.6 Å². The first-order chi connectivity index (χ1) is 22.0. The van der Waals surface area contributed by atoms with Crippen LogP contribution in [0.15, 0.2) is 24.3 Å². The normalized spacial score (nSPS) is 21.1. The lowest BCUT2D eigenvalue weighted by Gasteiger charge is -2.39. The maximum Gasteiger partial charge on any atom is 0.315 e. The van der Waals surface area contributed by atoms with Gasteiger partial charge < -0.3 is 55.8 Å². The zero-order valence-corrected chi connectivity index (χ0v) is 26.0. The van der Waals surface area contributed by atoms with Crippen LogP contribution in [0.3, 0.4) is 0 Å². The summed E-state index contributed by atoms with van der Waals surface area (Å²) in [7, 11) is 2.91. The molecule has 0 bridgehead atoms. The Bertz CT molecular complexity index is 1320. The number of carbonyl (C=O) groups is 2. The van der Waals surface area contributed by atoms with E-state index in [4.69, 9.17) is 29.4 Å². The number of benzene rings is 2. The molecule has 13 nitrogen and oxygen atoms in total. The second-order valence-corrected chi connectivity index (χ2v) is 11.5. The number of esters is 1. The summed E-state index contributed by atoms with van der Waals surface area (Å²) in [5, 5.41) is 23.5. The average molecular weight is 628 g/mol. The molecule has 1 fully saturated rings. The van der Waals surface area contributed by atoms with Gasteiger partial charge in [-0.05, 0) is 99.4 Å². The highest BCUT2D eigenvalue weighted by molar-refractivity contribution is 5.80. The largest absolute Gasteiger partial charge is 0.502 e. The van der Waals surface area contributed by atoms with Crippen LogP contribution in [0.1, 0.15) is 54.3 Å². The molecule has 0 aromatic heterocycles. The summed E-state index contributed by atoms with van der Waals surface area (Å²) in [5.41, 5.74) is 7.81. The molecule has 0 spiro atoms. The quantitative estimate of drug-likeness (QED) is 0.119. The summed E-state index contributed by atoms with van der Waals surface area (Å²) in [6, 6.07) is 6.31. The minimum absolute atomic E-state index is 0.0799. The number of aromatic hydroxyl groups is 1. The zero-order valence-electron chi connectivity index (χ0n) is 26.0. The SMILES string of the molecule is COc1cc(C2c3cc4c(cc3[C@@H](NC(=O)NCCCNCCCNCCCCN)[C@H]3COC(=O)[C@H]23)OCO4)cc(OC)c1O. The molecule has 45 heavy (non-hydrogen) atoms. The van der Waals surface area contributed by atoms with Gasteiger partial charge in [0.2, 0.25) is 12.5 Å². The van der Waals surface area contributed by atoms with E-state index in [9.17, 15) is 14.7 Å². The third-order valence-electron chi connectivity index (χ3n) is 8.67. The Morgan fingerprint density at radius 3 is 2.16 bits per heavy atom. The van der Waals surface area contributed by atoms with Crippen molar-refractivity contribution in [2.24, 2.45) is 17.6 Å². The highest BCUT2D eigenvalue weighted by Gasteiger charge is 2.53. The van der Waals surface area contributed by atoms with E-state index >= 15 is 0 Å². The van der Waals surface area contributed by atoms with E-state index in [0.717, 1.165) is 69.5 Å². The summed E-state index contributed by atoms with van der Waals surface area (Å²) in [6.07, 6.45) is 3.95. The van der Waals surface area contributed by atoms with Crippen LogP contribution in [0, 0.1) is 11.8 Å². The first-order valence-electron chi connectivity index (χ1n) is 15.7. The van der Waals surface area contributed by atoms with Gasteiger partial charge in [0.25, 0.3) is 0 Å². The van der Waals surface area contributed by atoms with Gasteiger partial charge in [0.05, 0.1) is 32.8 Å². The Kier molecular flexibility index (Phi) is 11.1. The fourth-order valence-electron chi connectivity index (χ4n) is 6.43. The average Bonchev–Trinajstić information content (AvgIpc) is 3.67. The minimum Gasteiger partial charge on any atom is -0.502 e. The number of hydrogen-bond donors (Lipinski definition) is 6. The van der Waals surface area contributed by atoms with Gasteiger partial charge in [-0.25, -0.2) is 4.79 Å². The van der Waals surface area contributed by atoms with Crippen LogP contribution in [0.5, 0.6) is 28.7 Å². The third kappa shape index (κ3) is 7.32. The van der Waals surface area contributed by atoms with Crippen molar-refractivity contribution >= 4 is 12.0 Å². The lowest BCUT2D eigenvalue weighted by atomic mass is 9.65. The number of nitrogens with one attached hydrogen (secondary N) is 4. The Morgan fingerprint density at radius 1 is 0.889 bits per heavy atom. The Balaban J connectivity index is 1.27. The van der Waals surface area contributed by atoms with Gasteiger partial charge in [-0.1, -0.05) is 0 Å². The molecule has 1 aliphatic carbocycles. The molecular weight excluding hydrogens is 582 g/mol. The van der Waals surface area contributed by atoms with Crippen LogP contribution in [0.2, 0.25) is 0 Å². The molecule has 13 heteroatoms. The number of hydrogen-bond acceptors (Lipinski definition) is 11. The monoisotopic (exact) mass is 627 g/mol. The maximum absolute atomic E-state index is 13.3. The molecule has 4 atom stereocenters. The highest BCUT2D eigenvalue weighted by atomic mass is 16.7. The van der Waals surface area contributed by atoms with Crippen LogP contribution in [-0.2, 0) is 9.53 Å². The van der Waals surface area contributed by atoms with Gasteiger partial charge in [-0.3, -0.25) is 4.79 Å². The number of cyclic esters (lactones) is 1. The second kappa shape index (κ2) is 15.4.